The van der Waals surface area contributed by atoms with Gasteiger partial charge in [-0.2, -0.15) is 9.61 Å². The van der Waals surface area contributed by atoms with Crippen LogP contribution in [-0.2, 0) is 6.42 Å². The van der Waals surface area contributed by atoms with Crippen molar-refractivity contribution in [3.8, 4) is 0 Å². The second-order valence-corrected chi connectivity index (χ2v) is 5.28. The fourth-order valence-electron chi connectivity index (χ4n) is 2.48. The van der Waals surface area contributed by atoms with Crippen molar-refractivity contribution in [1.29, 1.82) is 0 Å². The van der Waals surface area contributed by atoms with Gasteiger partial charge in [-0.25, -0.2) is 4.98 Å². The largest absolute Gasteiger partial charge is 0.351 e. The zero-order valence-electron chi connectivity index (χ0n) is 10.6. The van der Waals surface area contributed by atoms with Crippen molar-refractivity contribution in [3.05, 3.63) is 24.0 Å². The summed E-state index contributed by atoms with van der Waals surface area (Å²) in [5, 5.41) is 4.40. The lowest BCUT2D eigenvalue weighted by Crippen LogP contribution is -2.43. The predicted octanol–water partition coefficient (Wildman–Crippen LogP) is 2.28. The zero-order valence-corrected chi connectivity index (χ0v) is 10.6. The number of fused-ring (bicyclic) bond motifs is 3. The van der Waals surface area contributed by atoms with Crippen LogP contribution < -0.4 is 4.90 Å². The van der Waals surface area contributed by atoms with E-state index < -0.39 is 0 Å². The Labute approximate surface area is 101 Å². The third kappa shape index (κ3) is 1.43. The van der Waals surface area contributed by atoms with Gasteiger partial charge in [-0.1, -0.05) is 6.92 Å². The molecule has 0 aliphatic carbocycles. The maximum Gasteiger partial charge on any atom is 0.157 e. The van der Waals surface area contributed by atoms with Crippen LogP contribution in [-0.4, -0.2) is 26.7 Å². The van der Waals surface area contributed by atoms with Gasteiger partial charge in [0, 0.05) is 29.9 Å². The molecule has 1 aliphatic rings. The van der Waals surface area contributed by atoms with Gasteiger partial charge >= 0.3 is 0 Å². The minimum Gasteiger partial charge on any atom is -0.351 e. The first kappa shape index (κ1) is 10.6. The first-order chi connectivity index (χ1) is 8.13. The molecule has 0 spiro atoms. The Morgan fingerprint density at radius 2 is 2.24 bits per heavy atom. The summed E-state index contributed by atoms with van der Waals surface area (Å²) in [6.07, 6.45) is 6.01. The molecule has 4 heteroatoms. The number of rotatable bonds is 2. The van der Waals surface area contributed by atoms with Crippen LogP contribution in [0.5, 0.6) is 0 Å². The summed E-state index contributed by atoms with van der Waals surface area (Å²) in [6.45, 7) is 7.88. The fourth-order valence-corrected chi connectivity index (χ4v) is 2.48. The maximum atomic E-state index is 4.43. The molecular formula is C13H18N4. The molecule has 4 nitrogen and oxygen atoms in total. The maximum absolute atomic E-state index is 4.43. The molecule has 0 saturated heterocycles. The zero-order chi connectivity index (χ0) is 12.0. The predicted molar refractivity (Wildman–Crippen MR) is 68.4 cm³/mol. The molecule has 0 atom stereocenters. The van der Waals surface area contributed by atoms with Crippen molar-refractivity contribution in [2.75, 3.05) is 11.4 Å². The molecule has 2 aromatic rings. The quantitative estimate of drug-likeness (QED) is 0.793. The second-order valence-electron chi connectivity index (χ2n) is 5.28. The van der Waals surface area contributed by atoms with Crippen LogP contribution in [0.15, 0.2) is 18.5 Å². The van der Waals surface area contributed by atoms with Gasteiger partial charge in [0.05, 0.1) is 6.20 Å². The molecule has 90 valence electrons. The van der Waals surface area contributed by atoms with E-state index in [0.29, 0.717) is 0 Å². The third-order valence-electron chi connectivity index (χ3n) is 3.92. The number of aromatic nitrogens is 3. The lowest BCUT2D eigenvalue weighted by molar-refractivity contribution is 0.450. The Balaban J connectivity index is 2.20. The summed E-state index contributed by atoms with van der Waals surface area (Å²) >= 11 is 0. The third-order valence-corrected chi connectivity index (χ3v) is 3.92. The van der Waals surface area contributed by atoms with E-state index in [-0.39, 0.29) is 5.54 Å². The van der Waals surface area contributed by atoms with Crippen LogP contribution in [0.25, 0.3) is 5.65 Å². The highest BCUT2D eigenvalue weighted by molar-refractivity contribution is 5.59. The SMILES string of the molecule is CCC(C)(C)N1CCc2cnc3ccnn3c21. The summed E-state index contributed by atoms with van der Waals surface area (Å²) in [7, 11) is 0. The van der Waals surface area contributed by atoms with Gasteiger partial charge in [-0.05, 0) is 26.7 Å². The van der Waals surface area contributed by atoms with E-state index in [1.165, 1.54) is 11.4 Å². The van der Waals surface area contributed by atoms with Crippen molar-refractivity contribution in [2.24, 2.45) is 0 Å². The number of nitrogens with zero attached hydrogens (tertiary/aromatic N) is 4. The summed E-state index contributed by atoms with van der Waals surface area (Å²) in [6, 6.07) is 1.95. The highest BCUT2D eigenvalue weighted by atomic mass is 15.4. The van der Waals surface area contributed by atoms with Crippen molar-refractivity contribution in [3.63, 3.8) is 0 Å². The topological polar surface area (TPSA) is 33.4 Å². The van der Waals surface area contributed by atoms with Gasteiger partial charge in [-0.3, -0.25) is 0 Å². The fraction of sp³-hybridized carbons (Fsp3) is 0.538. The second kappa shape index (κ2) is 3.45. The van der Waals surface area contributed by atoms with Gasteiger partial charge in [-0.15, -0.1) is 0 Å². The average Bonchev–Trinajstić information content (AvgIpc) is 2.94. The smallest absolute Gasteiger partial charge is 0.157 e. The Bertz CT molecular complexity index is 556. The molecule has 17 heavy (non-hydrogen) atoms. The monoisotopic (exact) mass is 230 g/mol. The highest BCUT2D eigenvalue weighted by Gasteiger charge is 2.33. The Morgan fingerprint density at radius 1 is 1.41 bits per heavy atom. The van der Waals surface area contributed by atoms with Gasteiger partial charge < -0.3 is 4.90 Å². The van der Waals surface area contributed by atoms with Crippen LogP contribution in [0.3, 0.4) is 0 Å². The molecule has 0 N–H and O–H groups in total. The summed E-state index contributed by atoms with van der Waals surface area (Å²) in [4.78, 5) is 6.89. The molecule has 3 rings (SSSR count). The van der Waals surface area contributed by atoms with Crippen molar-refractivity contribution in [2.45, 2.75) is 39.2 Å². The Morgan fingerprint density at radius 3 is 3.00 bits per heavy atom. The number of hydrogen-bond donors (Lipinski definition) is 0. The van der Waals surface area contributed by atoms with Gasteiger partial charge in [0.15, 0.2) is 5.65 Å². The number of anilines is 1. The lowest BCUT2D eigenvalue weighted by Gasteiger charge is -2.36. The van der Waals surface area contributed by atoms with E-state index in [2.05, 4.69) is 35.8 Å². The molecule has 0 radical (unpaired) electrons. The molecule has 0 bridgehead atoms. The Hall–Kier alpha value is -1.58. The minimum atomic E-state index is 0.172. The first-order valence-electron chi connectivity index (χ1n) is 6.23. The lowest BCUT2D eigenvalue weighted by atomic mass is 10.00. The Kier molecular flexibility index (Phi) is 2.15. The van der Waals surface area contributed by atoms with E-state index in [4.69, 9.17) is 0 Å². The average molecular weight is 230 g/mol. The van der Waals surface area contributed by atoms with E-state index >= 15 is 0 Å². The molecule has 0 unspecified atom stereocenters. The molecule has 0 saturated carbocycles. The standard InChI is InChI=1S/C13H18N4/c1-4-13(2,3)16-8-6-10-9-14-11-5-7-15-17(11)12(10)16/h5,7,9H,4,6,8H2,1-3H3. The van der Waals surface area contributed by atoms with Crippen molar-refractivity contribution >= 4 is 11.5 Å². The number of hydrogen-bond acceptors (Lipinski definition) is 3. The van der Waals surface area contributed by atoms with Gasteiger partial charge in [0.1, 0.15) is 5.82 Å². The molecule has 0 amide bonds. The van der Waals surface area contributed by atoms with E-state index in [9.17, 15) is 0 Å². The summed E-state index contributed by atoms with van der Waals surface area (Å²) < 4.78 is 1.97. The van der Waals surface area contributed by atoms with Crippen LogP contribution in [0.4, 0.5) is 5.82 Å². The normalized spacial score (nSPS) is 15.6. The van der Waals surface area contributed by atoms with Gasteiger partial charge in [0.25, 0.3) is 0 Å². The van der Waals surface area contributed by atoms with E-state index in [1.54, 1.807) is 0 Å². The van der Waals surface area contributed by atoms with E-state index in [1.807, 2.05) is 23.0 Å². The minimum absolute atomic E-state index is 0.172. The summed E-state index contributed by atoms with van der Waals surface area (Å²) in [5.41, 5.74) is 2.41. The molecule has 0 aromatic carbocycles. The highest BCUT2D eigenvalue weighted by Crippen LogP contribution is 2.34. The van der Waals surface area contributed by atoms with Crippen LogP contribution in [0, 0.1) is 0 Å². The molecule has 0 fully saturated rings. The summed E-state index contributed by atoms with van der Waals surface area (Å²) in [5.74, 6) is 1.23. The molecule has 1 aliphatic heterocycles. The first-order valence-corrected chi connectivity index (χ1v) is 6.23. The molecule has 2 aromatic heterocycles. The van der Waals surface area contributed by atoms with Crippen LogP contribution >= 0.6 is 0 Å². The molecular weight excluding hydrogens is 212 g/mol. The van der Waals surface area contributed by atoms with Crippen molar-refractivity contribution < 1.29 is 0 Å². The van der Waals surface area contributed by atoms with Crippen LogP contribution in [0.1, 0.15) is 32.8 Å². The van der Waals surface area contributed by atoms with E-state index in [0.717, 1.165) is 25.0 Å². The van der Waals surface area contributed by atoms with Crippen LogP contribution in [0.2, 0.25) is 0 Å². The van der Waals surface area contributed by atoms with Crippen molar-refractivity contribution in [1.82, 2.24) is 14.6 Å². The van der Waals surface area contributed by atoms with Gasteiger partial charge in [0.2, 0.25) is 0 Å². The molecule has 3 heterocycles.